The molecular formula is C30H29N7O3. The van der Waals surface area contributed by atoms with Gasteiger partial charge >= 0.3 is 0 Å². The van der Waals surface area contributed by atoms with E-state index in [1.54, 1.807) is 6.20 Å². The van der Waals surface area contributed by atoms with Gasteiger partial charge in [0.2, 0.25) is 6.79 Å². The molecule has 0 aromatic carbocycles. The monoisotopic (exact) mass is 535 g/mol. The minimum Gasteiger partial charge on any atom is -0.452 e. The van der Waals surface area contributed by atoms with Gasteiger partial charge in [0, 0.05) is 62.3 Å². The summed E-state index contributed by atoms with van der Waals surface area (Å²) < 4.78 is 18.2. The van der Waals surface area contributed by atoms with Crippen LogP contribution in [-0.4, -0.2) is 75.4 Å². The van der Waals surface area contributed by atoms with Gasteiger partial charge in [0.25, 0.3) is 5.88 Å². The van der Waals surface area contributed by atoms with Gasteiger partial charge in [-0.15, -0.1) is 0 Å². The van der Waals surface area contributed by atoms with Crippen molar-refractivity contribution in [3.63, 3.8) is 0 Å². The molecule has 10 nitrogen and oxygen atoms in total. The number of allylic oxidation sites excluding steroid dienone is 1. The molecule has 0 saturated carbocycles. The van der Waals surface area contributed by atoms with E-state index in [1.165, 1.54) is 12.0 Å². The lowest BCUT2D eigenvalue weighted by Crippen LogP contribution is -2.68. The molecule has 9 rings (SSSR count). The van der Waals surface area contributed by atoms with E-state index in [0.29, 0.717) is 30.1 Å². The summed E-state index contributed by atoms with van der Waals surface area (Å²) in [7, 11) is 0. The van der Waals surface area contributed by atoms with Crippen molar-refractivity contribution in [1.82, 2.24) is 24.4 Å². The Morgan fingerprint density at radius 1 is 1.05 bits per heavy atom. The fraction of sp³-hybridized carbons (Fsp3) is 0.400. The van der Waals surface area contributed by atoms with E-state index in [0.717, 1.165) is 84.9 Å². The summed E-state index contributed by atoms with van der Waals surface area (Å²) in [5, 5.41) is 14.3. The lowest BCUT2D eigenvalue weighted by atomic mass is 9.86. The zero-order chi connectivity index (χ0) is 26.6. The number of aliphatic imine (C=N–C) groups is 1. The molecule has 10 heteroatoms. The molecule has 3 fully saturated rings. The third-order valence-corrected chi connectivity index (χ3v) is 8.76. The molecule has 3 aromatic rings. The highest BCUT2D eigenvalue weighted by atomic mass is 16.7. The van der Waals surface area contributed by atoms with Crippen LogP contribution in [0.3, 0.4) is 0 Å². The van der Waals surface area contributed by atoms with Gasteiger partial charge in [0.1, 0.15) is 11.9 Å². The van der Waals surface area contributed by atoms with Crippen LogP contribution < -0.4 is 9.47 Å². The van der Waals surface area contributed by atoms with E-state index < -0.39 is 0 Å². The average molecular weight is 536 g/mol. The number of ether oxygens (including phenoxy) is 3. The molecular weight excluding hydrogens is 506 g/mol. The Kier molecular flexibility index (Phi) is 5.60. The normalized spacial score (nSPS) is 23.8. The van der Waals surface area contributed by atoms with Crippen molar-refractivity contribution in [2.75, 3.05) is 33.1 Å². The smallest absolute Gasteiger partial charge is 0.260 e. The number of hydrogen-bond acceptors (Lipinski definition) is 9. The third kappa shape index (κ3) is 3.96. The molecule has 0 amide bonds. The van der Waals surface area contributed by atoms with Crippen LogP contribution in [0.1, 0.15) is 47.9 Å². The summed E-state index contributed by atoms with van der Waals surface area (Å²) in [4.78, 5) is 14.4. The van der Waals surface area contributed by atoms with Gasteiger partial charge in [0.15, 0.2) is 5.75 Å². The first-order chi connectivity index (χ1) is 19.7. The predicted octanol–water partition coefficient (Wildman–Crippen LogP) is 3.63. The minimum absolute atomic E-state index is 0.250. The number of piperidine rings is 1. The molecule has 0 radical (unpaired) electrons. The highest BCUT2D eigenvalue weighted by Crippen LogP contribution is 2.38. The van der Waals surface area contributed by atoms with E-state index in [-0.39, 0.29) is 6.79 Å². The summed E-state index contributed by atoms with van der Waals surface area (Å²) in [6, 6.07) is 7.63. The first kappa shape index (κ1) is 23.7. The van der Waals surface area contributed by atoms with Gasteiger partial charge in [-0.1, -0.05) is 6.08 Å². The number of pyridine rings is 2. The number of amidine groups is 1. The summed E-state index contributed by atoms with van der Waals surface area (Å²) >= 11 is 0. The van der Waals surface area contributed by atoms with Crippen LogP contribution in [0.2, 0.25) is 0 Å². The van der Waals surface area contributed by atoms with Crippen LogP contribution in [0.5, 0.6) is 11.6 Å². The van der Waals surface area contributed by atoms with Gasteiger partial charge in [-0.3, -0.25) is 4.90 Å². The lowest BCUT2D eigenvalue weighted by molar-refractivity contribution is -0.0545. The van der Waals surface area contributed by atoms with Crippen LogP contribution in [-0.2, 0) is 11.3 Å². The Balaban J connectivity index is 1.02. The Labute approximate surface area is 231 Å². The maximum Gasteiger partial charge on any atom is 0.260 e. The molecule has 6 aliphatic rings. The Morgan fingerprint density at radius 2 is 1.98 bits per heavy atom. The van der Waals surface area contributed by atoms with Crippen molar-refractivity contribution in [2.24, 2.45) is 4.99 Å². The molecule has 2 bridgehead atoms. The highest BCUT2D eigenvalue weighted by Gasteiger charge is 2.45. The Hall–Kier alpha value is -4.20. The predicted molar refractivity (Wildman–Crippen MR) is 148 cm³/mol. The number of nitriles is 1. The molecule has 3 aromatic heterocycles. The number of aromatic nitrogens is 3. The van der Waals surface area contributed by atoms with Crippen molar-refractivity contribution >= 4 is 22.5 Å². The van der Waals surface area contributed by atoms with Gasteiger partial charge in [-0.25, -0.2) is 14.5 Å². The van der Waals surface area contributed by atoms with E-state index in [4.69, 9.17) is 19.2 Å². The first-order valence-electron chi connectivity index (χ1n) is 13.9. The van der Waals surface area contributed by atoms with E-state index in [9.17, 15) is 5.26 Å². The molecule has 3 saturated heterocycles. The van der Waals surface area contributed by atoms with Gasteiger partial charge < -0.3 is 19.1 Å². The van der Waals surface area contributed by atoms with Crippen LogP contribution in [0.25, 0.3) is 16.7 Å². The molecule has 0 spiro atoms. The van der Waals surface area contributed by atoms with E-state index in [2.05, 4.69) is 44.2 Å². The summed E-state index contributed by atoms with van der Waals surface area (Å²) in [5.41, 5.74) is 7.20. The zero-order valence-corrected chi connectivity index (χ0v) is 22.1. The average Bonchev–Trinajstić information content (AvgIpc) is 3.66. The fourth-order valence-corrected chi connectivity index (χ4v) is 6.67. The SMILES string of the molecule is N#Cc1cnn2cc(C3=CCOCC3)cc(C3=CN=C(N4CC5C[C@H](C4)N5Cc4cnc5c(c4)OCO5)CC3)c12. The molecule has 0 aliphatic carbocycles. The van der Waals surface area contributed by atoms with Crippen LogP contribution in [0.4, 0.5) is 0 Å². The van der Waals surface area contributed by atoms with E-state index >= 15 is 0 Å². The highest BCUT2D eigenvalue weighted by molar-refractivity contribution is 5.91. The standard InChI is InChI=1S/C30H29N7O3/c31-10-23-13-34-37-15-22(20-3-5-38-6-4-20)8-26(29(23)37)21-1-2-28(32-12-21)35-16-24-9-25(17-35)36(24)14-19-7-27-30(33-11-19)40-18-39-27/h3,7-8,11-13,15,24-25H,1-2,4-6,9,14,16-18H2/t24-,25?/m1/s1. The summed E-state index contributed by atoms with van der Waals surface area (Å²) in [6.45, 7) is 4.47. The van der Waals surface area contributed by atoms with E-state index in [1.807, 2.05) is 23.1 Å². The second kappa shape index (κ2) is 9.47. The van der Waals surface area contributed by atoms with Gasteiger partial charge in [0.05, 0.1) is 30.5 Å². The van der Waals surface area contributed by atoms with Gasteiger partial charge in [-0.2, -0.15) is 10.4 Å². The topological polar surface area (TPSA) is 101 Å². The minimum atomic E-state index is 0.250. The summed E-state index contributed by atoms with van der Waals surface area (Å²) in [5.74, 6) is 2.50. The molecule has 6 aliphatic heterocycles. The first-order valence-corrected chi connectivity index (χ1v) is 13.9. The number of rotatable bonds is 4. The Bertz CT molecular complexity index is 1640. The number of fused-ring (bicyclic) bond motifs is 4. The molecule has 202 valence electrons. The Morgan fingerprint density at radius 3 is 2.77 bits per heavy atom. The molecule has 40 heavy (non-hydrogen) atoms. The largest absolute Gasteiger partial charge is 0.452 e. The molecule has 1 unspecified atom stereocenters. The number of piperazine rings is 1. The zero-order valence-electron chi connectivity index (χ0n) is 22.1. The van der Waals surface area contributed by atoms with Gasteiger partial charge in [-0.05, 0) is 53.7 Å². The third-order valence-electron chi connectivity index (χ3n) is 8.76. The maximum absolute atomic E-state index is 9.76. The maximum atomic E-state index is 9.76. The molecule has 2 atom stereocenters. The molecule has 0 N–H and O–H groups in total. The van der Waals surface area contributed by atoms with Crippen molar-refractivity contribution in [3.8, 4) is 17.7 Å². The van der Waals surface area contributed by atoms with Crippen molar-refractivity contribution in [3.05, 3.63) is 65.3 Å². The molecule has 9 heterocycles. The second-order valence-electron chi connectivity index (χ2n) is 11.0. The van der Waals surface area contributed by atoms with Crippen molar-refractivity contribution < 1.29 is 14.2 Å². The summed E-state index contributed by atoms with van der Waals surface area (Å²) in [6.07, 6.45) is 13.6. The number of hydrogen-bond donors (Lipinski definition) is 0. The van der Waals surface area contributed by atoms with Crippen LogP contribution in [0, 0.1) is 11.3 Å². The van der Waals surface area contributed by atoms with Crippen molar-refractivity contribution in [2.45, 2.75) is 44.3 Å². The van der Waals surface area contributed by atoms with Crippen LogP contribution >= 0.6 is 0 Å². The lowest BCUT2D eigenvalue weighted by Gasteiger charge is -2.57. The second-order valence-corrected chi connectivity index (χ2v) is 11.0. The fourth-order valence-electron chi connectivity index (χ4n) is 6.67. The van der Waals surface area contributed by atoms with Crippen molar-refractivity contribution in [1.29, 1.82) is 5.26 Å². The quantitative estimate of drug-likeness (QED) is 0.500. The number of nitrogens with zero attached hydrogens (tertiary/aromatic N) is 7. The van der Waals surface area contributed by atoms with Crippen LogP contribution in [0.15, 0.2) is 48.0 Å².